The number of nitrogens with zero attached hydrogens (tertiary/aromatic N) is 2. The van der Waals surface area contributed by atoms with Gasteiger partial charge in [-0.1, -0.05) is 6.92 Å². The summed E-state index contributed by atoms with van der Waals surface area (Å²) >= 11 is 0. The second kappa shape index (κ2) is 6.39. The van der Waals surface area contributed by atoms with Crippen molar-refractivity contribution in [2.24, 2.45) is 5.92 Å². The molecule has 0 amide bonds. The molecule has 1 fully saturated rings. The number of hydrogen-bond donors (Lipinski definition) is 1. The Morgan fingerprint density at radius 2 is 2.24 bits per heavy atom. The Hall–Kier alpha value is -1.69. The van der Waals surface area contributed by atoms with Gasteiger partial charge in [-0.3, -0.25) is 9.36 Å². The molecule has 1 aromatic heterocycles. The van der Waals surface area contributed by atoms with E-state index in [1.165, 1.54) is 0 Å². The molecule has 116 valence electrons. The van der Waals surface area contributed by atoms with Gasteiger partial charge in [-0.25, -0.2) is 4.79 Å². The van der Waals surface area contributed by atoms with Gasteiger partial charge in [-0.05, 0) is 38.7 Å². The van der Waals surface area contributed by atoms with Crippen molar-refractivity contribution in [1.29, 1.82) is 0 Å². The molecule has 1 aromatic rings. The van der Waals surface area contributed by atoms with E-state index in [1.54, 1.807) is 18.4 Å². The molecule has 0 radical (unpaired) electrons. The minimum Gasteiger partial charge on any atom is -0.481 e. The van der Waals surface area contributed by atoms with Crippen LogP contribution in [0.15, 0.2) is 4.79 Å². The number of ether oxygens (including phenoxy) is 1. The van der Waals surface area contributed by atoms with Crippen molar-refractivity contribution in [2.45, 2.75) is 52.7 Å². The molecule has 2 unspecified atom stereocenters. The summed E-state index contributed by atoms with van der Waals surface area (Å²) in [6.07, 6.45) is 2.39. The number of hydrogen-bond acceptors (Lipinski definition) is 4. The highest BCUT2D eigenvalue weighted by molar-refractivity contribution is 5.70. The predicted octanol–water partition coefficient (Wildman–Crippen LogP) is 1.30. The fourth-order valence-electron chi connectivity index (χ4n) is 2.74. The van der Waals surface area contributed by atoms with Crippen molar-refractivity contribution in [3.05, 3.63) is 27.4 Å². The maximum absolute atomic E-state index is 12.1. The summed E-state index contributed by atoms with van der Waals surface area (Å²) in [5, 5.41) is 9.07. The average molecular weight is 294 g/mol. The number of carboxylic acid groups (broad SMARTS) is 1. The third kappa shape index (κ3) is 3.50. The number of aromatic nitrogens is 2. The minimum absolute atomic E-state index is 0.0515. The zero-order valence-corrected chi connectivity index (χ0v) is 12.8. The molecule has 1 saturated heterocycles. The van der Waals surface area contributed by atoms with Crippen molar-refractivity contribution in [3.8, 4) is 0 Å². The number of carbonyl (C=O) groups is 1. The van der Waals surface area contributed by atoms with Gasteiger partial charge in [0.15, 0.2) is 0 Å². The standard InChI is InChI=1S/C15H22N2O4/c1-9(14(18)19)7-13-10(2)16-15(20)17(11(13)3)8-12-5-4-6-21-12/h9,12H,4-8H2,1-3H3,(H,18,19). The second-order valence-corrected chi connectivity index (χ2v) is 5.73. The predicted molar refractivity (Wildman–Crippen MR) is 77.4 cm³/mol. The molecular formula is C15H22N2O4. The molecule has 0 spiro atoms. The highest BCUT2D eigenvalue weighted by Gasteiger charge is 2.21. The average Bonchev–Trinajstić information content (AvgIpc) is 2.92. The normalized spacial score (nSPS) is 19.7. The van der Waals surface area contributed by atoms with E-state index in [9.17, 15) is 9.59 Å². The van der Waals surface area contributed by atoms with Gasteiger partial charge in [0.2, 0.25) is 0 Å². The molecule has 1 aliphatic rings. The molecule has 2 heterocycles. The number of carboxylic acids is 1. The quantitative estimate of drug-likeness (QED) is 0.885. The highest BCUT2D eigenvalue weighted by Crippen LogP contribution is 2.18. The molecule has 2 atom stereocenters. The zero-order chi connectivity index (χ0) is 15.6. The molecule has 6 heteroatoms. The molecule has 1 N–H and O–H groups in total. The number of aliphatic carboxylic acids is 1. The lowest BCUT2D eigenvalue weighted by molar-refractivity contribution is -0.141. The summed E-state index contributed by atoms with van der Waals surface area (Å²) in [5.74, 6) is -1.34. The Kier molecular flexibility index (Phi) is 4.77. The Morgan fingerprint density at radius 1 is 1.52 bits per heavy atom. The zero-order valence-electron chi connectivity index (χ0n) is 12.8. The van der Waals surface area contributed by atoms with Crippen LogP contribution in [0.5, 0.6) is 0 Å². The summed E-state index contributed by atoms with van der Waals surface area (Å²) in [6.45, 7) is 6.51. The van der Waals surface area contributed by atoms with Gasteiger partial charge in [-0.2, -0.15) is 4.98 Å². The lowest BCUT2D eigenvalue weighted by Gasteiger charge is -2.19. The topological polar surface area (TPSA) is 81.4 Å². The van der Waals surface area contributed by atoms with Gasteiger partial charge in [0, 0.05) is 18.0 Å². The summed E-state index contributed by atoms with van der Waals surface area (Å²) in [6, 6.07) is 0. The van der Waals surface area contributed by atoms with Crippen LogP contribution in [-0.2, 0) is 22.5 Å². The molecule has 0 bridgehead atoms. The third-order valence-electron chi connectivity index (χ3n) is 4.11. The monoisotopic (exact) mass is 294 g/mol. The molecule has 0 aliphatic carbocycles. The van der Waals surface area contributed by atoms with Crippen LogP contribution in [0, 0.1) is 19.8 Å². The Bertz CT molecular complexity index is 588. The van der Waals surface area contributed by atoms with E-state index in [2.05, 4.69) is 4.98 Å². The maximum atomic E-state index is 12.1. The first-order valence-corrected chi connectivity index (χ1v) is 7.31. The van der Waals surface area contributed by atoms with Crippen LogP contribution in [-0.4, -0.2) is 33.3 Å². The highest BCUT2D eigenvalue weighted by atomic mass is 16.5. The smallest absolute Gasteiger partial charge is 0.348 e. The number of rotatable bonds is 5. The molecule has 0 aromatic carbocycles. The van der Waals surface area contributed by atoms with E-state index < -0.39 is 11.9 Å². The van der Waals surface area contributed by atoms with Crippen LogP contribution >= 0.6 is 0 Å². The van der Waals surface area contributed by atoms with Crippen LogP contribution in [0.25, 0.3) is 0 Å². The Labute approximate surface area is 123 Å². The molecule has 0 saturated carbocycles. The molecule has 21 heavy (non-hydrogen) atoms. The van der Waals surface area contributed by atoms with Crippen LogP contribution in [0.1, 0.15) is 36.7 Å². The first-order chi connectivity index (χ1) is 9.90. The number of aryl methyl sites for hydroxylation is 1. The van der Waals surface area contributed by atoms with Gasteiger partial charge in [0.1, 0.15) is 0 Å². The van der Waals surface area contributed by atoms with Crippen molar-refractivity contribution >= 4 is 5.97 Å². The largest absolute Gasteiger partial charge is 0.481 e. The Balaban J connectivity index is 2.32. The SMILES string of the molecule is Cc1nc(=O)n(CC2CCCO2)c(C)c1CC(C)C(=O)O. The summed E-state index contributed by atoms with van der Waals surface area (Å²) < 4.78 is 7.19. The summed E-state index contributed by atoms with van der Waals surface area (Å²) in [7, 11) is 0. The fraction of sp³-hybridized carbons (Fsp3) is 0.667. The molecule has 6 nitrogen and oxygen atoms in total. The van der Waals surface area contributed by atoms with Gasteiger partial charge < -0.3 is 9.84 Å². The van der Waals surface area contributed by atoms with Gasteiger partial charge in [-0.15, -0.1) is 0 Å². The van der Waals surface area contributed by atoms with Crippen LogP contribution in [0.2, 0.25) is 0 Å². The second-order valence-electron chi connectivity index (χ2n) is 5.73. The van der Waals surface area contributed by atoms with Crippen LogP contribution in [0.3, 0.4) is 0 Å². The third-order valence-corrected chi connectivity index (χ3v) is 4.11. The van der Waals surface area contributed by atoms with E-state index in [1.807, 2.05) is 6.92 Å². The first-order valence-electron chi connectivity index (χ1n) is 7.31. The first kappa shape index (κ1) is 15.7. The summed E-state index contributed by atoms with van der Waals surface area (Å²) in [4.78, 5) is 27.2. The molecular weight excluding hydrogens is 272 g/mol. The van der Waals surface area contributed by atoms with E-state index in [-0.39, 0.29) is 11.8 Å². The van der Waals surface area contributed by atoms with Gasteiger partial charge in [0.25, 0.3) is 0 Å². The minimum atomic E-state index is -0.842. The maximum Gasteiger partial charge on any atom is 0.348 e. The van der Waals surface area contributed by atoms with Crippen molar-refractivity contribution < 1.29 is 14.6 Å². The molecule has 1 aliphatic heterocycles. The van der Waals surface area contributed by atoms with E-state index in [4.69, 9.17) is 9.84 Å². The van der Waals surface area contributed by atoms with Crippen molar-refractivity contribution in [3.63, 3.8) is 0 Å². The van der Waals surface area contributed by atoms with E-state index >= 15 is 0 Å². The fourth-order valence-corrected chi connectivity index (χ4v) is 2.74. The van der Waals surface area contributed by atoms with Gasteiger partial charge >= 0.3 is 11.7 Å². The van der Waals surface area contributed by atoms with Crippen molar-refractivity contribution in [2.75, 3.05) is 6.61 Å². The lowest BCUT2D eigenvalue weighted by atomic mass is 9.99. The van der Waals surface area contributed by atoms with Crippen LogP contribution in [0.4, 0.5) is 0 Å². The van der Waals surface area contributed by atoms with E-state index in [0.717, 1.165) is 30.7 Å². The lowest BCUT2D eigenvalue weighted by Crippen LogP contribution is -2.32. The van der Waals surface area contributed by atoms with E-state index in [0.29, 0.717) is 18.7 Å². The van der Waals surface area contributed by atoms with Gasteiger partial charge in [0.05, 0.1) is 18.6 Å². The summed E-state index contributed by atoms with van der Waals surface area (Å²) in [5.41, 5.74) is 1.99. The Morgan fingerprint density at radius 3 is 2.81 bits per heavy atom. The van der Waals surface area contributed by atoms with Crippen LogP contribution < -0.4 is 5.69 Å². The van der Waals surface area contributed by atoms with Crippen molar-refractivity contribution in [1.82, 2.24) is 9.55 Å². The molecule has 2 rings (SSSR count).